The first-order valence-electron chi connectivity index (χ1n) is 4.73. The highest BCUT2D eigenvalue weighted by Crippen LogP contribution is 2.17. The van der Waals surface area contributed by atoms with E-state index in [-0.39, 0.29) is 5.88 Å². The van der Waals surface area contributed by atoms with Crippen molar-refractivity contribution >= 4 is 23.4 Å². The van der Waals surface area contributed by atoms with Crippen molar-refractivity contribution in [1.82, 2.24) is 9.97 Å². The molecule has 3 nitrogen and oxygen atoms in total. The van der Waals surface area contributed by atoms with Gasteiger partial charge in [0.2, 0.25) is 0 Å². The fraction of sp³-hybridized carbons (Fsp3) is 0.600. The molecule has 1 unspecified atom stereocenters. The van der Waals surface area contributed by atoms with Gasteiger partial charge >= 0.3 is 0 Å². The van der Waals surface area contributed by atoms with Gasteiger partial charge in [0, 0.05) is 23.0 Å². The van der Waals surface area contributed by atoms with Gasteiger partial charge in [0.05, 0.1) is 6.10 Å². The van der Waals surface area contributed by atoms with Crippen molar-refractivity contribution in [2.45, 2.75) is 32.0 Å². The standard InChI is InChI=1S/C10H15ClN2OS/c1-6-7(2)12-10(13-8(6)3)15-5-9(14)4-11/h9,14H,4-5H2,1-3H3. The third-order valence-corrected chi connectivity index (χ3v) is 3.54. The Bertz CT molecular complexity index is 323. The smallest absolute Gasteiger partial charge is 0.188 e. The molecule has 0 amide bonds. The molecule has 0 aliphatic rings. The summed E-state index contributed by atoms with van der Waals surface area (Å²) in [5.41, 5.74) is 3.10. The molecule has 1 aromatic rings. The summed E-state index contributed by atoms with van der Waals surface area (Å²) < 4.78 is 0. The Morgan fingerprint density at radius 2 is 1.80 bits per heavy atom. The van der Waals surface area contributed by atoms with E-state index in [2.05, 4.69) is 9.97 Å². The average molecular weight is 247 g/mol. The zero-order chi connectivity index (χ0) is 11.4. The fourth-order valence-electron chi connectivity index (χ4n) is 1.02. The monoisotopic (exact) mass is 246 g/mol. The van der Waals surface area contributed by atoms with Gasteiger partial charge in [0.1, 0.15) is 0 Å². The zero-order valence-corrected chi connectivity index (χ0v) is 10.7. The van der Waals surface area contributed by atoms with Gasteiger partial charge in [-0.1, -0.05) is 11.8 Å². The van der Waals surface area contributed by atoms with Gasteiger partial charge in [-0.15, -0.1) is 11.6 Å². The molecule has 5 heteroatoms. The molecule has 0 saturated carbocycles. The molecular weight excluding hydrogens is 232 g/mol. The summed E-state index contributed by atoms with van der Waals surface area (Å²) in [5.74, 6) is 0.780. The Labute approximate surface area is 99.3 Å². The number of halogens is 1. The third-order valence-electron chi connectivity index (χ3n) is 2.20. The van der Waals surface area contributed by atoms with Crippen LogP contribution in [0, 0.1) is 20.8 Å². The lowest BCUT2D eigenvalue weighted by atomic mass is 10.2. The number of aryl methyl sites for hydroxylation is 2. The van der Waals surface area contributed by atoms with Crippen LogP contribution >= 0.6 is 23.4 Å². The van der Waals surface area contributed by atoms with Gasteiger partial charge in [0.15, 0.2) is 5.16 Å². The maximum absolute atomic E-state index is 9.30. The van der Waals surface area contributed by atoms with Crippen molar-refractivity contribution in [3.05, 3.63) is 17.0 Å². The first-order chi connectivity index (χ1) is 7.04. The summed E-state index contributed by atoms with van der Waals surface area (Å²) in [6, 6.07) is 0. The van der Waals surface area contributed by atoms with E-state index in [1.807, 2.05) is 20.8 Å². The van der Waals surface area contributed by atoms with Crippen LogP contribution in [0.15, 0.2) is 5.16 Å². The molecule has 1 atom stereocenters. The fourth-order valence-corrected chi connectivity index (χ4v) is 2.12. The molecular formula is C10H15ClN2OS. The lowest BCUT2D eigenvalue weighted by molar-refractivity contribution is 0.223. The van der Waals surface area contributed by atoms with Crippen LogP contribution in [0.1, 0.15) is 17.0 Å². The Hall–Kier alpha value is -0.320. The number of aromatic nitrogens is 2. The van der Waals surface area contributed by atoms with E-state index in [4.69, 9.17) is 11.6 Å². The highest BCUT2D eigenvalue weighted by atomic mass is 35.5. The molecule has 0 spiro atoms. The molecule has 1 heterocycles. The second-order valence-electron chi connectivity index (χ2n) is 3.42. The van der Waals surface area contributed by atoms with Gasteiger partial charge < -0.3 is 5.11 Å². The summed E-state index contributed by atoms with van der Waals surface area (Å²) >= 11 is 6.94. The van der Waals surface area contributed by atoms with Gasteiger partial charge in [-0.05, 0) is 26.3 Å². The van der Waals surface area contributed by atoms with Crippen LogP contribution in [-0.4, -0.2) is 32.8 Å². The topological polar surface area (TPSA) is 46.0 Å². The molecule has 0 radical (unpaired) electrons. The van der Waals surface area contributed by atoms with Gasteiger partial charge in [0.25, 0.3) is 0 Å². The summed E-state index contributed by atoms with van der Waals surface area (Å²) in [6.07, 6.45) is -0.498. The molecule has 0 aliphatic heterocycles. The van der Waals surface area contributed by atoms with E-state index in [0.717, 1.165) is 17.0 Å². The molecule has 15 heavy (non-hydrogen) atoms. The highest BCUT2D eigenvalue weighted by molar-refractivity contribution is 7.99. The van der Waals surface area contributed by atoms with Gasteiger partial charge in [-0.3, -0.25) is 0 Å². The second-order valence-corrected chi connectivity index (χ2v) is 4.72. The van der Waals surface area contributed by atoms with Crippen LogP contribution in [0.3, 0.4) is 0 Å². The van der Waals surface area contributed by atoms with E-state index >= 15 is 0 Å². The van der Waals surface area contributed by atoms with Crippen LogP contribution in [0.25, 0.3) is 0 Å². The van der Waals surface area contributed by atoms with Crippen molar-refractivity contribution in [2.75, 3.05) is 11.6 Å². The number of aliphatic hydroxyl groups excluding tert-OH is 1. The lowest BCUT2D eigenvalue weighted by Gasteiger charge is -2.08. The normalized spacial score (nSPS) is 12.9. The summed E-state index contributed by atoms with van der Waals surface area (Å²) in [4.78, 5) is 8.67. The number of hydrogen-bond acceptors (Lipinski definition) is 4. The summed E-state index contributed by atoms with van der Waals surface area (Å²) in [5, 5.41) is 10.0. The van der Waals surface area contributed by atoms with E-state index in [1.54, 1.807) is 0 Å². The van der Waals surface area contributed by atoms with Crippen molar-refractivity contribution in [2.24, 2.45) is 0 Å². The number of rotatable bonds is 4. The van der Waals surface area contributed by atoms with Crippen LogP contribution in [0.2, 0.25) is 0 Å². The zero-order valence-electron chi connectivity index (χ0n) is 9.12. The van der Waals surface area contributed by atoms with Crippen LogP contribution < -0.4 is 0 Å². The Morgan fingerprint density at radius 1 is 1.27 bits per heavy atom. The minimum absolute atomic E-state index is 0.247. The van der Waals surface area contributed by atoms with Gasteiger partial charge in [-0.25, -0.2) is 9.97 Å². The molecule has 84 valence electrons. The van der Waals surface area contributed by atoms with Crippen LogP contribution in [-0.2, 0) is 0 Å². The maximum atomic E-state index is 9.30. The number of nitrogens with zero attached hydrogens (tertiary/aromatic N) is 2. The largest absolute Gasteiger partial charge is 0.391 e. The van der Waals surface area contributed by atoms with E-state index in [9.17, 15) is 5.11 Å². The Balaban J connectivity index is 2.70. The molecule has 0 fully saturated rings. The number of hydrogen-bond donors (Lipinski definition) is 1. The van der Waals surface area contributed by atoms with Crippen molar-refractivity contribution in [1.29, 1.82) is 0 Å². The van der Waals surface area contributed by atoms with Crippen molar-refractivity contribution in [3.8, 4) is 0 Å². The number of thioether (sulfide) groups is 1. The molecule has 1 N–H and O–H groups in total. The Kier molecular flexibility index (Phi) is 4.83. The summed E-state index contributed by atoms with van der Waals surface area (Å²) in [7, 11) is 0. The first kappa shape index (κ1) is 12.7. The van der Waals surface area contributed by atoms with Crippen molar-refractivity contribution in [3.63, 3.8) is 0 Å². The predicted molar refractivity (Wildman–Crippen MR) is 63.7 cm³/mol. The quantitative estimate of drug-likeness (QED) is 0.502. The minimum Gasteiger partial charge on any atom is -0.391 e. The SMILES string of the molecule is Cc1nc(SCC(O)CCl)nc(C)c1C. The average Bonchev–Trinajstić information content (AvgIpc) is 2.22. The number of aliphatic hydroxyl groups is 1. The Morgan fingerprint density at radius 3 is 2.27 bits per heavy atom. The van der Waals surface area contributed by atoms with E-state index in [1.165, 1.54) is 11.8 Å². The molecule has 0 bridgehead atoms. The third kappa shape index (κ3) is 3.63. The number of alkyl halides is 1. The molecule has 0 aliphatic carbocycles. The molecule has 0 saturated heterocycles. The first-order valence-corrected chi connectivity index (χ1v) is 6.25. The van der Waals surface area contributed by atoms with E-state index < -0.39 is 6.10 Å². The predicted octanol–water partition coefficient (Wildman–Crippen LogP) is 2.09. The molecule has 0 aromatic carbocycles. The lowest BCUT2D eigenvalue weighted by Crippen LogP contribution is -2.12. The maximum Gasteiger partial charge on any atom is 0.188 e. The minimum atomic E-state index is -0.498. The second kappa shape index (κ2) is 5.68. The van der Waals surface area contributed by atoms with Gasteiger partial charge in [-0.2, -0.15) is 0 Å². The molecule has 1 aromatic heterocycles. The van der Waals surface area contributed by atoms with Crippen LogP contribution in [0.4, 0.5) is 0 Å². The van der Waals surface area contributed by atoms with Crippen LogP contribution in [0.5, 0.6) is 0 Å². The van der Waals surface area contributed by atoms with Crippen molar-refractivity contribution < 1.29 is 5.11 Å². The highest BCUT2D eigenvalue weighted by Gasteiger charge is 2.08. The molecule has 1 rings (SSSR count). The van der Waals surface area contributed by atoms with E-state index in [0.29, 0.717) is 10.9 Å². The summed E-state index contributed by atoms with van der Waals surface area (Å²) in [6.45, 7) is 5.94.